The number of anilines is 1. The number of carbonyl (C=O) groups excluding carboxylic acids is 2. The average Bonchev–Trinajstić information content (AvgIpc) is 2.60. The fraction of sp³-hybridized carbons (Fsp3) is 0.556. The molecule has 1 aromatic rings. The smallest absolute Gasteiger partial charge is 0.341 e. The minimum atomic E-state index is -0.809. The van der Waals surface area contributed by atoms with Gasteiger partial charge in [0.2, 0.25) is 0 Å². The summed E-state index contributed by atoms with van der Waals surface area (Å²) in [7, 11) is 0. The summed E-state index contributed by atoms with van der Waals surface area (Å²) in [5.41, 5.74) is 0.945. The Kier molecular flexibility index (Phi) is 6.61. The molecule has 0 radical (unpaired) electrons. The van der Waals surface area contributed by atoms with Crippen LogP contribution < -0.4 is 5.32 Å². The molecule has 0 bridgehead atoms. The van der Waals surface area contributed by atoms with Crippen molar-refractivity contribution in [1.29, 1.82) is 0 Å². The summed E-state index contributed by atoms with van der Waals surface area (Å²) in [6.45, 7) is 5.53. The standard InChI is InChI=1S/C18H26N2O4/c1-13-7-10-20(11-8-13)17(22)14(2)24-18(23)15-5-3-4-6-16(15)19-9-12-21/h3-6,13-14,19,21H,7-12H2,1-2H3/t14-/m1/s1. The zero-order valence-corrected chi connectivity index (χ0v) is 14.3. The van der Waals surface area contributed by atoms with Crippen LogP contribution in [0.2, 0.25) is 0 Å². The molecule has 2 rings (SSSR count). The highest BCUT2D eigenvalue weighted by Crippen LogP contribution is 2.19. The second-order valence-corrected chi connectivity index (χ2v) is 6.25. The number of benzene rings is 1. The zero-order valence-electron chi connectivity index (χ0n) is 14.3. The van der Waals surface area contributed by atoms with E-state index in [0.29, 0.717) is 23.7 Å². The minimum absolute atomic E-state index is 0.0361. The van der Waals surface area contributed by atoms with E-state index in [1.807, 2.05) is 0 Å². The van der Waals surface area contributed by atoms with Crippen molar-refractivity contribution in [3.05, 3.63) is 29.8 Å². The fourth-order valence-corrected chi connectivity index (χ4v) is 2.77. The van der Waals surface area contributed by atoms with Crippen molar-refractivity contribution in [2.24, 2.45) is 5.92 Å². The van der Waals surface area contributed by atoms with Gasteiger partial charge in [0.25, 0.3) is 5.91 Å². The van der Waals surface area contributed by atoms with Crippen molar-refractivity contribution in [3.63, 3.8) is 0 Å². The Morgan fingerprint density at radius 2 is 2.00 bits per heavy atom. The number of nitrogens with one attached hydrogen (secondary N) is 1. The second kappa shape index (κ2) is 8.68. The van der Waals surface area contributed by atoms with Crippen LogP contribution in [-0.4, -0.2) is 54.2 Å². The lowest BCUT2D eigenvalue weighted by Crippen LogP contribution is -2.44. The zero-order chi connectivity index (χ0) is 17.5. The Bertz CT molecular complexity index is 568. The van der Waals surface area contributed by atoms with Gasteiger partial charge in [-0.25, -0.2) is 4.79 Å². The number of para-hydroxylation sites is 1. The normalized spacial score (nSPS) is 16.5. The van der Waals surface area contributed by atoms with Gasteiger partial charge < -0.3 is 20.1 Å². The highest BCUT2D eigenvalue weighted by Gasteiger charge is 2.27. The molecule has 6 nitrogen and oxygen atoms in total. The molecule has 24 heavy (non-hydrogen) atoms. The van der Waals surface area contributed by atoms with Gasteiger partial charge in [0.15, 0.2) is 6.10 Å². The summed E-state index contributed by atoms with van der Waals surface area (Å²) in [4.78, 5) is 26.6. The Morgan fingerprint density at radius 1 is 1.33 bits per heavy atom. The molecular weight excluding hydrogens is 308 g/mol. The van der Waals surface area contributed by atoms with E-state index in [2.05, 4.69) is 12.2 Å². The SMILES string of the molecule is CC1CCN(C(=O)[C@@H](C)OC(=O)c2ccccc2NCCO)CC1. The Morgan fingerprint density at radius 3 is 2.67 bits per heavy atom. The van der Waals surface area contributed by atoms with Crippen molar-refractivity contribution in [3.8, 4) is 0 Å². The van der Waals surface area contributed by atoms with E-state index >= 15 is 0 Å². The van der Waals surface area contributed by atoms with E-state index in [4.69, 9.17) is 9.84 Å². The number of likely N-dealkylation sites (tertiary alicyclic amines) is 1. The molecular formula is C18H26N2O4. The lowest BCUT2D eigenvalue weighted by Gasteiger charge is -2.32. The molecule has 1 fully saturated rings. The van der Waals surface area contributed by atoms with Gasteiger partial charge in [0.1, 0.15) is 0 Å². The third-order valence-electron chi connectivity index (χ3n) is 4.30. The molecule has 132 valence electrons. The van der Waals surface area contributed by atoms with Gasteiger partial charge in [-0.1, -0.05) is 19.1 Å². The Balaban J connectivity index is 1.97. The number of carbonyl (C=O) groups is 2. The first kappa shape index (κ1) is 18.3. The Labute approximate surface area is 142 Å². The summed E-state index contributed by atoms with van der Waals surface area (Å²) >= 11 is 0. The molecule has 0 spiro atoms. The second-order valence-electron chi connectivity index (χ2n) is 6.25. The van der Waals surface area contributed by atoms with Gasteiger partial charge in [-0.3, -0.25) is 4.79 Å². The molecule has 1 atom stereocenters. The number of esters is 1. The maximum Gasteiger partial charge on any atom is 0.341 e. The van der Waals surface area contributed by atoms with Gasteiger partial charge in [0, 0.05) is 25.3 Å². The quantitative estimate of drug-likeness (QED) is 0.777. The number of piperidine rings is 1. The summed E-state index contributed by atoms with van der Waals surface area (Å²) in [6, 6.07) is 6.91. The van der Waals surface area contributed by atoms with E-state index in [0.717, 1.165) is 25.9 Å². The van der Waals surface area contributed by atoms with Crippen molar-refractivity contribution in [1.82, 2.24) is 4.90 Å². The molecule has 0 saturated carbocycles. The van der Waals surface area contributed by atoms with Crippen LogP contribution in [0.3, 0.4) is 0 Å². The number of aliphatic hydroxyl groups is 1. The minimum Gasteiger partial charge on any atom is -0.449 e. The maximum atomic E-state index is 12.4. The molecule has 1 aromatic carbocycles. The van der Waals surface area contributed by atoms with Crippen LogP contribution in [0.15, 0.2) is 24.3 Å². The molecule has 0 unspecified atom stereocenters. The monoisotopic (exact) mass is 334 g/mol. The molecule has 1 amide bonds. The predicted molar refractivity (Wildman–Crippen MR) is 91.9 cm³/mol. The van der Waals surface area contributed by atoms with Gasteiger partial charge in [-0.2, -0.15) is 0 Å². The van der Waals surface area contributed by atoms with E-state index in [-0.39, 0.29) is 12.5 Å². The average molecular weight is 334 g/mol. The molecule has 1 saturated heterocycles. The first-order valence-corrected chi connectivity index (χ1v) is 8.46. The van der Waals surface area contributed by atoms with Crippen LogP contribution in [-0.2, 0) is 9.53 Å². The number of aliphatic hydroxyl groups excluding tert-OH is 1. The lowest BCUT2D eigenvalue weighted by molar-refractivity contribution is -0.141. The third-order valence-corrected chi connectivity index (χ3v) is 4.30. The number of hydrogen-bond donors (Lipinski definition) is 2. The van der Waals surface area contributed by atoms with Crippen molar-refractivity contribution < 1.29 is 19.4 Å². The van der Waals surface area contributed by atoms with E-state index in [1.54, 1.807) is 36.1 Å². The third kappa shape index (κ3) is 4.71. The number of hydrogen-bond acceptors (Lipinski definition) is 5. The molecule has 0 aromatic heterocycles. The molecule has 1 heterocycles. The van der Waals surface area contributed by atoms with Crippen molar-refractivity contribution in [2.75, 3.05) is 31.6 Å². The van der Waals surface area contributed by atoms with Crippen LogP contribution in [0.5, 0.6) is 0 Å². The van der Waals surface area contributed by atoms with Gasteiger partial charge >= 0.3 is 5.97 Å². The number of nitrogens with zero attached hydrogens (tertiary/aromatic N) is 1. The number of rotatable bonds is 6. The first-order valence-electron chi connectivity index (χ1n) is 8.46. The van der Waals surface area contributed by atoms with Crippen LogP contribution in [0.1, 0.15) is 37.0 Å². The highest BCUT2D eigenvalue weighted by atomic mass is 16.5. The fourth-order valence-electron chi connectivity index (χ4n) is 2.77. The first-order chi connectivity index (χ1) is 11.5. The van der Waals surface area contributed by atoms with Crippen LogP contribution in [0.4, 0.5) is 5.69 Å². The van der Waals surface area contributed by atoms with E-state index in [1.165, 1.54) is 0 Å². The van der Waals surface area contributed by atoms with Crippen molar-refractivity contribution in [2.45, 2.75) is 32.8 Å². The molecule has 0 aliphatic carbocycles. The highest BCUT2D eigenvalue weighted by molar-refractivity contribution is 5.97. The summed E-state index contributed by atoms with van der Waals surface area (Å²) < 4.78 is 5.37. The molecule has 2 N–H and O–H groups in total. The van der Waals surface area contributed by atoms with Crippen molar-refractivity contribution >= 4 is 17.6 Å². The summed E-state index contributed by atoms with van der Waals surface area (Å²) in [6.07, 6.45) is 1.16. The maximum absolute atomic E-state index is 12.4. The predicted octanol–water partition coefficient (Wildman–Crippen LogP) is 1.89. The van der Waals surface area contributed by atoms with Crippen LogP contribution >= 0.6 is 0 Å². The lowest BCUT2D eigenvalue weighted by atomic mass is 9.99. The topological polar surface area (TPSA) is 78.9 Å². The van der Waals surface area contributed by atoms with E-state index in [9.17, 15) is 9.59 Å². The summed E-state index contributed by atoms with van der Waals surface area (Å²) in [5.74, 6) is -0.0466. The van der Waals surface area contributed by atoms with Crippen LogP contribution in [0.25, 0.3) is 0 Å². The molecule has 6 heteroatoms. The van der Waals surface area contributed by atoms with Gasteiger partial charge in [-0.15, -0.1) is 0 Å². The van der Waals surface area contributed by atoms with E-state index < -0.39 is 12.1 Å². The number of ether oxygens (including phenoxy) is 1. The number of amides is 1. The molecule has 1 aliphatic rings. The summed E-state index contributed by atoms with van der Waals surface area (Å²) in [5, 5.41) is 11.9. The van der Waals surface area contributed by atoms with Gasteiger partial charge in [-0.05, 0) is 37.8 Å². The largest absolute Gasteiger partial charge is 0.449 e. The van der Waals surface area contributed by atoms with Gasteiger partial charge in [0.05, 0.1) is 12.2 Å². The molecule has 1 aliphatic heterocycles. The Hall–Kier alpha value is -2.08. The van der Waals surface area contributed by atoms with Crippen LogP contribution in [0, 0.1) is 5.92 Å².